The van der Waals surface area contributed by atoms with Crippen molar-refractivity contribution in [1.29, 1.82) is 0 Å². The number of amides is 1. The lowest BCUT2D eigenvalue weighted by Gasteiger charge is -2.24. The van der Waals surface area contributed by atoms with Crippen LogP contribution in [0.3, 0.4) is 0 Å². The molecule has 1 amide bonds. The average molecular weight is 399 g/mol. The highest BCUT2D eigenvalue weighted by molar-refractivity contribution is 6.32. The summed E-state index contributed by atoms with van der Waals surface area (Å²) < 4.78 is 11.0. The fourth-order valence-corrected chi connectivity index (χ4v) is 3.81. The number of nitrogens with zero attached hydrogens (tertiary/aromatic N) is 2. The third kappa shape index (κ3) is 2.99. The largest absolute Gasteiger partial charge is 0.450 e. The van der Waals surface area contributed by atoms with E-state index in [9.17, 15) is 9.59 Å². The topological polar surface area (TPSA) is 72.6 Å². The van der Waals surface area contributed by atoms with Gasteiger partial charge in [0.15, 0.2) is 5.43 Å². The van der Waals surface area contributed by atoms with Gasteiger partial charge >= 0.3 is 0 Å². The van der Waals surface area contributed by atoms with Gasteiger partial charge in [-0.25, -0.2) is 0 Å². The molecule has 6 nitrogen and oxygen atoms in total. The number of hydrogen-bond acceptors (Lipinski definition) is 5. The van der Waals surface area contributed by atoms with Crippen LogP contribution in [0.15, 0.2) is 45.9 Å². The van der Waals surface area contributed by atoms with Crippen molar-refractivity contribution in [3.8, 4) is 0 Å². The highest BCUT2D eigenvalue weighted by Crippen LogP contribution is 2.38. The molecule has 1 aliphatic heterocycles. The molecule has 3 heterocycles. The Morgan fingerprint density at radius 3 is 2.71 bits per heavy atom. The number of hydrogen-bond donors (Lipinski definition) is 0. The lowest BCUT2D eigenvalue weighted by Crippen LogP contribution is -2.31. The van der Waals surface area contributed by atoms with Gasteiger partial charge in [-0.05, 0) is 48.7 Å². The van der Waals surface area contributed by atoms with E-state index in [2.05, 4.69) is 4.98 Å². The summed E-state index contributed by atoms with van der Waals surface area (Å²) in [6.07, 6.45) is 3.94. The van der Waals surface area contributed by atoms with Crippen molar-refractivity contribution in [3.05, 3.63) is 74.4 Å². The molecule has 0 fully saturated rings. The van der Waals surface area contributed by atoms with Crippen LogP contribution in [-0.2, 0) is 4.74 Å². The number of halogens is 1. The fourth-order valence-electron chi connectivity index (χ4n) is 3.64. The van der Waals surface area contributed by atoms with Crippen LogP contribution in [0.2, 0.25) is 5.02 Å². The summed E-state index contributed by atoms with van der Waals surface area (Å²) in [7, 11) is 1.62. The molecule has 0 saturated carbocycles. The highest BCUT2D eigenvalue weighted by Gasteiger charge is 2.42. The van der Waals surface area contributed by atoms with Crippen LogP contribution in [0, 0.1) is 6.92 Å². The van der Waals surface area contributed by atoms with Gasteiger partial charge in [-0.2, -0.15) is 0 Å². The minimum Gasteiger partial charge on any atom is -0.450 e. The molecule has 7 heteroatoms. The summed E-state index contributed by atoms with van der Waals surface area (Å²) >= 11 is 6.23. The number of carbonyl (C=O) groups excluding carboxylic acids is 1. The van der Waals surface area contributed by atoms with E-state index < -0.39 is 6.04 Å². The number of benzene rings is 1. The maximum Gasteiger partial charge on any atom is 0.290 e. The second-order valence-corrected chi connectivity index (χ2v) is 7.21. The van der Waals surface area contributed by atoms with Crippen LogP contribution < -0.4 is 5.43 Å². The number of methoxy groups -OCH3 is 1. The highest BCUT2D eigenvalue weighted by atomic mass is 35.5. The van der Waals surface area contributed by atoms with E-state index in [0.717, 1.165) is 11.1 Å². The van der Waals surface area contributed by atoms with E-state index in [1.54, 1.807) is 36.5 Å². The SMILES string of the molecule is COCCCN1C(=O)c2oc3cc(C)c(Cl)cc3c(=O)c2C1c1ccncc1. The van der Waals surface area contributed by atoms with Crippen molar-refractivity contribution in [2.45, 2.75) is 19.4 Å². The van der Waals surface area contributed by atoms with Crippen molar-refractivity contribution < 1.29 is 13.9 Å². The van der Waals surface area contributed by atoms with Crippen molar-refractivity contribution in [2.75, 3.05) is 20.3 Å². The lowest BCUT2D eigenvalue weighted by atomic mass is 9.99. The summed E-state index contributed by atoms with van der Waals surface area (Å²) in [6, 6.07) is 6.40. The predicted octanol–water partition coefficient (Wildman–Crippen LogP) is 3.73. The molecule has 3 aromatic rings. The molecule has 0 aliphatic carbocycles. The molecule has 0 bridgehead atoms. The van der Waals surface area contributed by atoms with Gasteiger partial charge in [-0.3, -0.25) is 14.6 Å². The van der Waals surface area contributed by atoms with Crippen molar-refractivity contribution in [1.82, 2.24) is 9.88 Å². The maximum atomic E-state index is 13.4. The fraction of sp³-hybridized carbons (Fsp3) is 0.286. The number of rotatable bonds is 5. The van der Waals surface area contributed by atoms with Crippen LogP contribution in [0.5, 0.6) is 0 Å². The molecule has 4 rings (SSSR count). The number of aryl methyl sites for hydroxylation is 1. The number of pyridine rings is 1. The minimum absolute atomic E-state index is 0.0958. The Kier molecular flexibility index (Phi) is 4.91. The quantitative estimate of drug-likeness (QED) is 0.612. The third-order valence-electron chi connectivity index (χ3n) is 5.02. The third-order valence-corrected chi connectivity index (χ3v) is 5.42. The van der Waals surface area contributed by atoms with E-state index in [-0.39, 0.29) is 17.1 Å². The van der Waals surface area contributed by atoms with Crippen LogP contribution in [-0.4, -0.2) is 36.1 Å². The van der Waals surface area contributed by atoms with Crippen molar-refractivity contribution in [2.24, 2.45) is 0 Å². The van der Waals surface area contributed by atoms with Gasteiger partial charge in [0.2, 0.25) is 5.76 Å². The zero-order valence-corrected chi connectivity index (χ0v) is 16.3. The van der Waals surface area contributed by atoms with Crippen molar-refractivity contribution in [3.63, 3.8) is 0 Å². The van der Waals surface area contributed by atoms with Crippen LogP contribution in [0.25, 0.3) is 11.0 Å². The molecule has 1 aliphatic rings. The predicted molar refractivity (Wildman–Crippen MR) is 106 cm³/mol. The molecular weight excluding hydrogens is 380 g/mol. The van der Waals surface area contributed by atoms with Gasteiger partial charge in [0.1, 0.15) is 5.58 Å². The molecule has 0 saturated heterocycles. The summed E-state index contributed by atoms with van der Waals surface area (Å²) in [5, 5.41) is 0.862. The molecule has 2 aromatic heterocycles. The number of aromatic nitrogens is 1. The molecule has 1 unspecified atom stereocenters. The van der Waals surface area contributed by atoms with Crippen molar-refractivity contribution >= 4 is 28.5 Å². The Balaban J connectivity index is 1.93. The first-order valence-electron chi connectivity index (χ1n) is 8.99. The van der Waals surface area contributed by atoms with E-state index >= 15 is 0 Å². The molecule has 0 spiro atoms. The summed E-state index contributed by atoms with van der Waals surface area (Å²) in [6.45, 7) is 2.79. The Morgan fingerprint density at radius 2 is 2.00 bits per heavy atom. The molecular formula is C21H19ClN2O4. The Morgan fingerprint density at radius 1 is 1.25 bits per heavy atom. The van der Waals surface area contributed by atoms with Gasteiger partial charge in [0.25, 0.3) is 5.91 Å². The van der Waals surface area contributed by atoms with Crippen LogP contribution >= 0.6 is 11.6 Å². The Labute approximate surface area is 166 Å². The molecule has 0 radical (unpaired) electrons. The first-order valence-corrected chi connectivity index (χ1v) is 9.37. The standard InChI is InChI=1S/C21H19ClN2O4/c1-12-10-16-14(11-15(12)22)19(25)17-18(13-4-6-23-7-5-13)24(8-3-9-27-2)21(26)20(17)28-16/h4-7,10-11,18H,3,8-9H2,1-2H3. The van der Waals surface area contributed by atoms with E-state index in [1.807, 2.05) is 19.1 Å². The minimum atomic E-state index is -0.525. The van der Waals surface area contributed by atoms with E-state index in [4.69, 9.17) is 20.8 Å². The number of ether oxygens (including phenoxy) is 1. The molecule has 28 heavy (non-hydrogen) atoms. The van der Waals surface area contributed by atoms with E-state index in [0.29, 0.717) is 41.1 Å². The number of fused-ring (bicyclic) bond motifs is 2. The molecule has 0 N–H and O–H groups in total. The summed E-state index contributed by atoms with van der Waals surface area (Å²) in [5.74, 6) is -0.196. The van der Waals surface area contributed by atoms with Gasteiger partial charge in [-0.15, -0.1) is 0 Å². The van der Waals surface area contributed by atoms with Gasteiger partial charge < -0.3 is 14.1 Å². The monoisotopic (exact) mass is 398 g/mol. The maximum absolute atomic E-state index is 13.4. The van der Waals surface area contributed by atoms with Gasteiger partial charge in [-0.1, -0.05) is 11.6 Å². The van der Waals surface area contributed by atoms with Gasteiger partial charge in [0, 0.05) is 37.7 Å². The normalized spacial score (nSPS) is 16.0. The lowest BCUT2D eigenvalue weighted by molar-refractivity contribution is 0.0708. The second-order valence-electron chi connectivity index (χ2n) is 6.80. The zero-order valence-electron chi connectivity index (χ0n) is 15.6. The summed E-state index contributed by atoms with van der Waals surface area (Å²) in [4.78, 5) is 32.2. The molecule has 1 atom stereocenters. The second kappa shape index (κ2) is 7.37. The first kappa shape index (κ1) is 18.7. The number of carbonyl (C=O) groups is 1. The Hall–Kier alpha value is -2.70. The molecule has 1 aromatic carbocycles. The Bertz CT molecular complexity index is 1110. The van der Waals surface area contributed by atoms with Crippen LogP contribution in [0.4, 0.5) is 0 Å². The first-order chi connectivity index (χ1) is 13.5. The smallest absolute Gasteiger partial charge is 0.290 e. The zero-order chi connectivity index (χ0) is 19.8. The average Bonchev–Trinajstić information content (AvgIpc) is 2.97. The molecule has 144 valence electrons. The summed E-state index contributed by atoms with van der Waals surface area (Å²) in [5.41, 5.74) is 2.07. The van der Waals surface area contributed by atoms with E-state index in [1.165, 1.54) is 0 Å². The van der Waals surface area contributed by atoms with Crippen LogP contribution in [0.1, 0.15) is 39.7 Å². The van der Waals surface area contributed by atoms with Gasteiger partial charge in [0.05, 0.1) is 17.0 Å².